The second kappa shape index (κ2) is 8.82. The van der Waals surface area contributed by atoms with Crippen molar-refractivity contribution in [2.24, 2.45) is 11.8 Å². The van der Waals surface area contributed by atoms with Crippen molar-refractivity contribution in [1.29, 1.82) is 0 Å². The Labute approximate surface area is 185 Å². The molecule has 2 aliphatic rings. The molecule has 2 atom stereocenters. The van der Waals surface area contributed by atoms with Crippen LogP contribution in [0.2, 0.25) is 0 Å². The minimum atomic E-state index is -0.709. The van der Waals surface area contributed by atoms with Gasteiger partial charge in [0.25, 0.3) is 11.8 Å². The van der Waals surface area contributed by atoms with Crippen molar-refractivity contribution in [2.75, 3.05) is 19.0 Å². The minimum Gasteiger partial charge on any atom is -0.505 e. The maximum Gasteiger partial charge on any atom is 0.341 e. The van der Waals surface area contributed by atoms with Crippen LogP contribution in [0.5, 0.6) is 5.75 Å². The van der Waals surface area contributed by atoms with Gasteiger partial charge in [-0.15, -0.1) is 0 Å². The first-order valence-electron chi connectivity index (χ1n) is 10.6. The Balaban J connectivity index is 1.51. The largest absolute Gasteiger partial charge is 0.505 e. The van der Waals surface area contributed by atoms with E-state index in [-0.39, 0.29) is 47.2 Å². The molecular weight excluding hydrogens is 412 g/mol. The van der Waals surface area contributed by atoms with Gasteiger partial charge < -0.3 is 15.2 Å². The lowest BCUT2D eigenvalue weighted by atomic mass is 9.78. The zero-order valence-electron chi connectivity index (χ0n) is 17.7. The van der Waals surface area contributed by atoms with Crippen LogP contribution in [0.3, 0.4) is 0 Å². The average Bonchev–Trinajstić information content (AvgIpc) is 3.05. The molecule has 0 radical (unpaired) electrons. The van der Waals surface area contributed by atoms with E-state index in [1.165, 1.54) is 24.1 Å². The van der Waals surface area contributed by atoms with E-state index < -0.39 is 11.9 Å². The number of hydrogen-bond acceptors (Lipinski definition) is 6. The first kappa shape index (κ1) is 21.5. The molecule has 3 amide bonds. The van der Waals surface area contributed by atoms with Gasteiger partial charge in [-0.05, 0) is 43.0 Å². The van der Waals surface area contributed by atoms with Gasteiger partial charge in [0.1, 0.15) is 5.56 Å². The molecule has 2 unspecified atom stereocenters. The van der Waals surface area contributed by atoms with Crippen LogP contribution in [0, 0.1) is 11.8 Å². The average molecular weight is 436 g/mol. The lowest BCUT2D eigenvalue weighted by Crippen LogP contribution is -2.41. The second-order valence-electron chi connectivity index (χ2n) is 8.10. The molecule has 1 fully saturated rings. The highest BCUT2D eigenvalue weighted by Gasteiger charge is 2.40. The van der Waals surface area contributed by atoms with Crippen LogP contribution < -0.4 is 5.32 Å². The predicted molar refractivity (Wildman–Crippen MR) is 115 cm³/mol. The van der Waals surface area contributed by atoms with E-state index in [1.807, 2.05) is 0 Å². The highest BCUT2D eigenvalue weighted by molar-refractivity contribution is 6.21. The van der Waals surface area contributed by atoms with Crippen molar-refractivity contribution >= 4 is 29.4 Å². The number of carbonyl (C=O) groups excluding carboxylic acids is 4. The summed E-state index contributed by atoms with van der Waals surface area (Å²) in [5, 5.41) is 13.1. The third-order valence-electron chi connectivity index (χ3n) is 6.24. The fourth-order valence-electron chi connectivity index (χ4n) is 4.56. The Morgan fingerprint density at radius 2 is 1.69 bits per heavy atom. The van der Waals surface area contributed by atoms with Gasteiger partial charge in [-0.3, -0.25) is 19.3 Å². The third kappa shape index (κ3) is 3.84. The number of phenolic OH excluding ortho intramolecular Hbond substituents is 1. The number of rotatable bonds is 5. The molecule has 166 valence electrons. The van der Waals surface area contributed by atoms with Gasteiger partial charge in [0, 0.05) is 12.5 Å². The summed E-state index contributed by atoms with van der Waals surface area (Å²) >= 11 is 0. The van der Waals surface area contributed by atoms with Crippen molar-refractivity contribution in [2.45, 2.75) is 25.7 Å². The van der Waals surface area contributed by atoms with Crippen LogP contribution in [0.15, 0.2) is 42.5 Å². The molecule has 1 saturated carbocycles. The number of benzene rings is 2. The van der Waals surface area contributed by atoms with Crippen LogP contribution in [-0.2, 0) is 9.53 Å². The fraction of sp³-hybridized carbons (Fsp3) is 0.333. The summed E-state index contributed by atoms with van der Waals surface area (Å²) in [7, 11) is 1.21. The maximum absolute atomic E-state index is 13.1. The molecule has 1 heterocycles. The predicted octanol–water partition coefficient (Wildman–Crippen LogP) is 3.22. The lowest BCUT2D eigenvalue weighted by Gasteiger charge is -2.32. The van der Waals surface area contributed by atoms with Crippen molar-refractivity contribution < 1.29 is 29.0 Å². The molecular formula is C24H24N2O6. The Hall–Kier alpha value is -3.68. The smallest absolute Gasteiger partial charge is 0.341 e. The molecule has 2 N–H and O–H groups in total. The summed E-state index contributed by atoms with van der Waals surface area (Å²) in [5.74, 6) is -2.69. The second-order valence-corrected chi connectivity index (χ2v) is 8.10. The molecule has 8 nitrogen and oxygen atoms in total. The summed E-state index contributed by atoms with van der Waals surface area (Å²) in [6, 6.07) is 11.2. The standard InChI is InChI=1S/C24H24N2O6/c1-32-24(31)18-11-6-12-19(20(18)27)25-21(28)15-8-3-2-7-14(15)13-26-22(29)16-9-4-5-10-17(16)23(26)30/h4-6,9-12,14-15,27H,2-3,7-8,13H2,1H3,(H,25,28). The molecule has 1 aliphatic heterocycles. The fourth-order valence-corrected chi connectivity index (χ4v) is 4.56. The molecule has 4 rings (SSSR count). The lowest BCUT2D eigenvalue weighted by molar-refractivity contribution is -0.122. The van der Waals surface area contributed by atoms with Gasteiger partial charge in [0.15, 0.2) is 5.75 Å². The summed E-state index contributed by atoms with van der Waals surface area (Å²) < 4.78 is 4.65. The number of nitrogens with one attached hydrogen (secondary N) is 1. The number of para-hydroxylation sites is 1. The SMILES string of the molecule is COC(=O)c1cccc(NC(=O)C2CCCCC2CN2C(=O)c3ccccc3C2=O)c1O. The monoisotopic (exact) mass is 436 g/mol. The topological polar surface area (TPSA) is 113 Å². The zero-order chi connectivity index (χ0) is 22.8. The molecule has 2 aromatic carbocycles. The van der Waals surface area contributed by atoms with E-state index in [0.29, 0.717) is 24.0 Å². The van der Waals surface area contributed by atoms with Crippen molar-refractivity contribution in [3.8, 4) is 5.75 Å². The first-order valence-corrected chi connectivity index (χ1v) is 10.6. The van der Waals surface area contributed by atoms with E-state index in [4.69, 9.17) is 0 Å². The van der Waals surface area contributed by atoms with Crippen molar-refractivity contribution in [3.63, 3.8) is 0 Å². The van der Waals surface area contributed by atoms with Crippen molar-refractivity contribution in [1.82, 2.24) is 4.90 Å². The van der Waals surface area contributed by atoms with Crippen LogP contribution >= 0.6 is 0 Å². The van der Waals surface area contributed by atoms with Crippen LogP contribution in [0.4, 0.5) is 5.69 Å². The highest BCUT2D eigenvalue weighted by Crippen LogP contribution is 2.35. The number of anilines is 1. The number of imide groups is 1. The number of fused-ring (bicyclic) bond motifs is 1. The number of phenols is 1. The number of methoxy groups -OCH3 is 1. The number of nitrogens with zero attached hydrogens (tertiary/aromatic N) is 1. The highest BCUT2D eigenvalue weighted by atomic mass is 16.5. The van der Waals surface area contributed by atoms with Gasteiger partial charge in [-0.25, -0.2) is 4.79 Å². The van der Waals surface area contributed by atoms with E-state index in [1.54, 1.807) is 30.3 Å². The van der Waals surface area contributed by atoms with Gasteiger partial charge in [-0.1, -0.05) is 31.0 Å². The Kier molecular flexibility index (Phi) is 5.94. The number of esters is 1. The molecule has 0 bridgehead atoms. The zero-order valence-corrected chi connectivity index (χ0v) is 17.7. The molecule has 0 spiro atoms. The Morgan fingerprint density at radius 3 is 2.34 bits per heavy atom. The molecule has 8 heteroatoms. The summed E-state index contributed by atoms with van der Waals surface area (Å²) in [5.41, 5.74) is 0.845. The van der Waals surface area contributed by atoms with E-state index in [2.05, 4.69) is 10.1 Å². The summed E-state index contributed by atoms with van der Waals surface area (Å²) in [4.78, 5) is 51.7. The van der Waals surface area contributed by atoms with Gasteiger partial charge in [-0.2, -0.15) is 0 Å². The summed E-state index contributed by atoms with van der Waals surface area (Å²) in [6.07, 6.45) is 3.07. The first-order chi connectivity index (χ1) is 15.4. The number of carbonyl (C=O) groups is 4. The normalized spacial score (nSPS) is 20.1. The van der Waals surface area contributed by atoms with Gasteiger partial charge in [0.05, 0.1) is 23.9 Å². The molecule has 0 saturated heterocycles. The molecule has 1 aliphatic carbocycles. The van der Waals surface area contributed by atoms with Crippen LogP contribution in [0.25, 0.3) is 0 Å². The maximum atomic E-state index is 13.1. The number of hydrogen-bond donors (Lipinski definition) is 2. The molecule has 2 aromatic rings. The molecule has 0 aromatic heterocycles. The number of amides is 3. The number of ether oxygens (including phenoxy) is 1. The van der Waals surface area contributed by atoms with Crippen molar-refractivity contribution in [3.05, 3.63) is 59.2 Å². The summed E-state index contributed by atoms with van der Waals surface area (Å²) in [6.45, 7) is 0.165. The van der Waals surface area contributed by atoms with E-state index in [9.17, 15) is 24.3 Å². The quantitative estimate of drug-likeness (QED) is 0.423. The van der Waals surface area contributed by atoms with Gasteiger partial charge >= 0.3 is 5.97 Å². The molecule has 32 heavy (non-hydrogen) atoms. The third-order valence-corrected chi connectivity index (χ3v) is 6.24. The Bertz CT molecular complexity index is 1060. The van der Waals surface area contributed by atoms with Crippen LogP contribution in [0.1, 0.15) is 56.8 Å². The van der Waals surface area contributed by atoms with Crippen LogP contribution in [-0.4, -0.2) is 47.4 Å². The minimum absolute atomic E-state index is 0.0449. The van der Waals surface area contributed by atoms with E-state index in [0.717, 1.165) is 12.8 Å². The number of aromatic hydroxyl groups is 1. The van der Waals surface area contributed by atoms with E-state index >= 15 is 0 Å². The Morgan fingerprint density at radius 1 is 1.03 bits per heavy atom. The van der Waals surface area contributed by atoms with Gasteiger partial charge in [0.2, 0.25) is 5.91 Å².